The van der Waals surface area contributed by atoms with E-state index in [9.17, 15) is 13.6 Å². The minimum absolute atomic E-state index is 0.182. The standard InChI is InChI=1S/C15H15F2NO2/c1-2-20-15(19)12(10-18)9-14(17)8-5-11-3-6-13(16)7-4-11/h3-4,6-7,10,12,14,18H,2,9H2,1H3/t12-,14-/m1/s1. The number of carbonyl (C=O) groups is 1. The predicted octanol–water partition coefficient (Wildman–Crippen LogP) is 2.73. The van der Waals surface area contributed by atoms with Crippen LogP contribution in [-0.4, -0.2) is 25.0 Å². The van der Waals surface area contributed by atoms with E-state index in [0.717, 1.165) is 6.21 Å². The van der Waals surface area contributed by atoms with Crippen LogP contribution in [0.25, 0.3) is 0 Å². The van der Waals surface area contributed by atoms with Crippen LogP contribution in [0.2, 0.25) is 0 Å². The van der Waals surface area contributed by atoms with Crippen molar-refractivity contribution in [3.05, 3.63) is 35.6 Å². The smallest absolute Gasteiger partial charge is 0.314 e. The SMILES string of the molecule is CCOC(=O)[C@@H](C=N)C[C@H](F)C#Cc1ccc(F)cc1. The molecule has 3 nitrogen and oxygen atoms in total. The van der Waals surface area contributed by atoms with Crippen molar-refractivity contribution in [3.63, 3.8) is 0 Å². The maximum atomic E-state index is 13.6. The topological polar surface area (TPSA) is 50.2 Å². The molecule has 0 spiro atoms. The average molecular weight is 279 g/mol. The molecule has 1 aromatic rings. The van der Waals surface area contributed by atoms with Crippen molar-refractivity contribution in [2.45, 2.75) is 19.5 Å². The molecule has 0 aliphatic heterocycles. The zero-order chi connectivity index (χ0) is 15.0. The average Bonchev–Trinajstić information content (AvgIpc) is 2.44. The molecule has 0 aromatic heterocycles. The third kappa shape index (κ3) is 5.19. The molecule has 20 heavy (non-hydrogen) atoms. The summed E-state index contributed by atoms with van der Waals surface area (Å²) in [6.45, 7) is 1.82. The fraction of sp³-hybridized carbons (Fsp3) is 0.333. The number of esters is 1. The molecule has 1 rings (SSSR count). The minimum Gasteiger partial charge on any atom is -0.465 e. The molecule has 0 saturated heterocycles. The Labute approximate surface area is 116 Å². The van der Waals surface area contributed by atoms with E-state index in [1.54, 1.807) is 6.92 Å². The Morgan fingerprint density at radius 2 is 2.10 bits per heavy atom. The summed E-state index contributed by atoms with van der Waals surface area (Å²) >= 11 is 0. The molecular formula is C15H15F2NO2. The lowest BCUT2D eigenvalue weighted by atomic mass is 10.0. The van der Waals surface area contributed by atoms with E-state index in [0.29, 0.717) is 5.56 Å². The Bertz CT molecular complexity index is 517. The van der Waals surface area contributed by atoms with Gasteiger partial charge in [-0.15, -0.1) is 0 Å². The van der Waals surface area contributed by atoms with Crippen LogP contribution < -0.4 is 0 Å². The lowest BCUT2D eigenvalue weighted by Crippen LogP contribution is -2.22. The summed E-state index contributed by atoms with van der Waals surface area (Å²) in [5.74, 6) is 2.92. The van der Waals surface area contributed by atoms with E-state index >= 15 is 0 Å². The minimum atomic E-state index is -1.56. The van der Waals surface area contributed by atoms with Gasteiger partial charge in [-0.25, -0.2) is 8.78 Å². The van der Waals surface area contributed by atoms with Gasteiger partial charge < -0.3 is 10.1 Å². The van der Waals surface area contributed by atoms with Gasteiger partial charge in [0.1, 0.15) is 5.82 Å². The highest BCUT2D eigenvalue weighted by atomic mass is 19.1. The number of benzene rings is 1. The Hall–Kier alpha value is -2.22. The number of rotatable bonds is 5. The van der Waals surface area contributed by atoms with Crippen LogP contribution in [0, 0.1) is 29.0 Å². The van der Waals surface area contributed by atoms with Crippen LogP contribution in [0.5, 0.6) is 0 Å². The second-order valence-electron chi connectivity index (χ2n) is 4.00. The van der Waals surface area contributed by atoms with Gasteiger partial charge in [0, 0.05) is 18.2 Å². The van der Waals surface area contributed by atoms with Crippen molar-refractivity contribution >= 4 is 12.2 Å². The molecule has 0 unspecified atom stereocenters. The van der Waals surface area contributed by atoms with Crippen molar-refractivity contribution in [3.8, 4) is 11.8 Å². The quantitative estimate of drug-likeness (QED) is 0.512. The zero-order valence-corrected chi connectivity index (χ0v) is 11.0. The number of nitrogens with one attached hydrogen (secondary N) is 1. The Morgan fingerprint density at radius 3 is 2.65 bits per heavy atom. The number of halogens is 2. The van der Waals surface area contributed by atoms with Crippen molar-refractivity contribution in [1.29, 1.82) is 5.41 Å². The van der Waals surface area contributed by atoms with Crippen LogP contribution in [0.1, 0.15) is 18.9 Å². The third-order valence-corrected chi connectivity index (χ3v) is 2.47. The number of ether oxygens (including phenoxy) is 1. The molecule has 0 aliphatic rings. The molecule has 0 saturated carbocycles. The molecule has 106 valence electrons. The van der Waals surface area contributed by atoms with Crippen LogP contribution in [-0.2, 0) is 9.53 Å². The van der Waals surface area contributed by atoms with E-state index in [2.05, 4.69) is 11.8 Å². The Morgan fingerprint density at radius 1 is 1.45 bits per heavy atom. The van der Waals surface area contributed by atoms with E-state index < -0.39 is 23.9 Å². The molecule has 0 fully saturated rings. The first-order chi connectivity index (χ1) is 9.56. The van der Waals surface area contributed by atoms with Crippen LogP contribution in [0.15, 0.2) is 24.3 Å². The summed E-state index contributed by atoms with van der Waals surface area (Å²) in [5, 5.41) is 7.10. The van der Waals surface area contributed by atoms with Crippen LogP contribution in [0.3, 0.4) is 0 Å². The number of alkyl halides is 1. The summed E-state index contributed by atoms with van der Waals surface area (Å²) in [7, 11) is 0. The van der Waals surface area contributed by atoms with Crippen LogP contribution >= 0.6 is 0 Å². The lowest BCUT2D eigenvalue weighted by Gasteiger charge is -2.10. The molecule has 0 aliphatic carbocycles. The first kappa shape index (κ1) is 15.8. The number of hydrogen-bond acceptors (Lipinski definition) is 3. The maximum absolute atomic E-state index is 13.6. The summed E-state index contributed by atoms with van der Waals surface area (Å²) in [5.41, 5.74) is 0.483. The molecule has 1 aromatic carbocycles. The third-order valence-electron chi connectivity index (χ3n) is 2.47. The molecule has 0 amide bonds. The van der Waals surface area contributed by atoms with Gasteiger partial charge in [0.2, 0.25) is 0 Å². The zero-order valence-electron chi connectivity index (χ0n) is 11.0. The van der Waals surface area contributed by atoms with Crippen molar-refractivity contribution < 1.29 is 18.3 Å². The van der Waals surface area contributed by atoms with Crippen molar-refractivity contribution in [1.82, 2.24) is 0 Å². The highest BCUT2D eigenvalue weighted by Gasteiger charge is 2.21. The largest absolute Gasteiger partial charge is 0.465 e. The normalized spacial score (nSPS) is 12.8. The monoisotopic (exact) mass is 279 g/mol. The molecule has 0 heterocycles. The fourth-order valence-electron chi connectivity index (χ4n) is 1.46. The fourth-order valence-corrected chi connectivity index (χ4v) is 1.46. The summed E-state index contributed by atoms with van der Waals surface area (Å²) in [6.07, 6.45) is -0.934. The van der Waals surface area contributed by atoms with E-state index in [-0.39, 0.29) is 13.0 Å². The molecule has 0 radical (unpaired) electrons. The van der Waals surface area contributed by atoms with Gasteiger partial charge in [-0.2, -0.15) is 0 Å². The second-order valence-corrected chi connectivity index (χ2v) is 4.00. The number of hydrogen-bond donors (Lipinski definition) is 1. The lowest BCUT2D eigenvalue weighted by molar-refractivity contribution is -0.145. The Kier molecular flexibility index (Phi) is 6.38. The van der Waals surface area contributed by atoms with Gasteiger partial charge in [0.05, 0.1) is 12.5 Å². The summed E-state index contributed by atoms with van der Waals surface area (Å²) in [4.78, 5) is 11.4. The van der Waals surface area contributed by atoms with Crippen molar-refractivity contribution in [2.24, 2.45) is 5.92 Å². The first-order valence-corrected chi connectivity index (χ1v) is 6.15. The molecule has 2 atom stereocenters. The van der Waals surface area contributed by atoms with Gasteiger partial charge >= 0.3 is 5.97 Å². The first-order valence-electron chi connectivity index (χ1n) is 6.15. The second kappa shape index (κ2) is 8.05. The Balaban J connectivity index is 2.62. The summed E-state index contributed by atoms with van der Waals surface area (Å²) < 4.78 is 31.0. The van der Waals surface area contributed by atoms with Gasteiger partial charge in [-0.3, -0.25) is 4.79 Å². The van der Waals surface area contributed by atoms with E-state index in [4.69, 9.17) is 10.1 Å². The van der Waals surface area contributed by atoms with Crippen LogP contribution in [0.4, 0.5) is 8.78 Å². The molecule has 5 heteroatoms. The predicted molar refractivity (Wildman–Crippen MR) is 71.7 cm³/mol. The maximum Gasteiger partial charge on any atom is 0.314 e. The molecule has 1 N–H and O–H groups in total. The van der Waals surface area contributed by atoms with Crippen molar-refractivity contribution in [2.75, 3.05) is 6.61 Å². The van der Waals surface area contributed by atoms with E-state index in [1.165, 1.54) is 24.3 Å². The molecular weight excluding hydrogens is 264 g/mol. The highest BCUT2D eigenvalue weighted by Crippen LogP contribution is 2.10. The van der Waals surface area contributed by atoms with Gasteiger partial charge in [-0.1, -0.05) is 11.8 Å². The summed E-state index contributed by atoms with van der Waals surface area (Å²) in [6, 6.07) is 5.34. The van der Waals surface area contributed by atoms with Gasteiger partial charge in [0.15, 0.2) is 6.17 Å². The van der Waals surface area contributed by atoms with Gasteiger partial charge in [0.25, 0.3) is 0 Å². The van der Waals surface area contributed by atoms with E-state index in [1.807, 2.05) is 0 Å². The molecule has 0 bridgehead atoms. The highest BCUT2D eigenvalue weighted by molar-refractivity contribution is 5.88. The van der Waals surface area contributed by atoms with Gasteiger partial charge in [-0.05, 0) is 31.2 Å². The number of carbonyl (C=O) groups excluding carboxylic acids is 1.